The van der Waals surface area contributed by atoms with E-state index in [1.54, 1.807) is 0 Å². The van der Waals surface area contributed by atoms with Crippen LogP contribution in [0.3, 0.4) is 0 Å². The minimum atomic E-state index is 0.214. The number of hydrogen-bond donors (Lipinski definition) is 0. The van der Waals surface area contributed by atoms with Crippen LogP contribution in [0.1, 0.15) is 19.4 Å². The van der Waals surface area contributed by atoms with Crippen LogP contribution in [0.5, 0.6) is 0 Å². The number of aliphatic imine (C=N–C) groups is 1. The molecule has 0 unspecified atom stereocenters. The van der Waals surface area contributed by atoms with Crippen LogP contribution in [-0.2, 0) is 0 Å². The van der Waals surface area contributed by atoms with Crippen LogP contribution in [0.15, 0.2) is 65.8 Å². The minimum absolute atomic E-state index is 0.214. The molecule has 0 aromatic heterocycles. The normalized spacial score (nSPS) is 13.6. The second-order valence-corrected chi connectivity index (χ2v) is 3.91. The molecule has 0 radical (unpaired) electrons. The van der Waals surface area contributed by atoms with E-state index in [4.69, 9.17) is 0 Å². The largest absolute Gasteiger partial charge is 0.269 e. The zero-order valence-electron chi connectivity index (χ0n) is 10.6. The lowest BCUT2D eigenvalue weighted by Crippen LogP contribution is -1.91. The number of benzene rings is 1. The first-order valence-corrected chi connectivity index (χ1v) is 5.74. The second-order valence-electron chi connectivity index (χ2n) is 3.91. The molecule has 0 saturated heterocycles. The van der Waals surface area contributed by atoms with Crippen molar-refractivity contribution in [3.63, 3.8) is 0 Å². The summed E-state index contributed by atoms with van der Waals surface area (Å²) in [5, 5.41) is 0. The third-order valence-corrected chi connectivity index (χ3v) is 2.71. The summed E-state index contributed by atoms with van der Waals surface area (Å²) in [7, 11) is 0. The number of hydrogen-bond acceptors (Lipinski definition) is 1. The van der Waals surface area contributed by atoms with Gasteiger partial charge in [0.1, 0.15) is 0 Å². The Morgan fingerprint density at radius 3 is 2.47 bits per heavy atom. The molecule has 88 valence electrons. The molecule has 1 aromatic carbocycles. The van der Waals surface area contributed by atoms with E-state index >= 15 is 0 Å². The molecule has 0 aliphatic heterocycles. The maximum atomic E-state index is 3.85. The SMILES string of the molecule is C=NC(=C)[C@@H](C)/C=C\C(=C/C)c1ccccc1. The lowest BCUT2D eigenvalue weighted by molar-refractivity contribution is 0.856. The van der Waals surface area contributed by atoms with Gasteiger partial charge in [-0.05, 0) is 24.8 Å². The van der Waals surface area contributed by atoms with Gasteiger partial charge in [0.2, 0.25) is 0 Å². The minimum Gasteiger partial charge on any atom is -0.269 e. The van der Waals surface area contributed by atoms with E-state index in [-0.39, 0.29) is 5.92 Å². The highest BCUT2D eigenvalue weighted by Gasteiger charge is 2.00. The Bertz CT molecular complexity index is 438. The smallest absolute Gasteiger partial charge is 0.0390 e. The molecule has 1 aromatic rings. The molecule has 0 heterocycles. The monoisotopic (exact) mass is 225 g/mol. The Morgan fingerprint density at radius 1 is 1.29 bits per heavy atom. The fourth-order valence-electron chi connectivity index (χ4n) is 1.49. The standard InChI is InChI=1S/C16H19N/c1-5-15(16-9-7-6-8-10-16)12-11-13(2)14(3)17-4/h5-13H,3-4H2,1-2H3/b12-11-,15-5+/t13-/m0/s1. The molecule has 0 N–H and O–H groups in total. The first kappa shape index (κ1) is 13.2. The van der Waals surface area contributed by atoms with Crippen LogP contribution in [0.25, 0.3) is 5.57 Å². The maximum Gasteiger partial charge on any atom is 0.0390 e. The van der Waals surface area contributed by atoms with Crippen LogP contribution in [-0.4, -0.2) is 6.72 Å². The van der Waals surface area contributed by atoms with E-state index in [0.717, 1.165) is 5.70 Å². The summed E-state index contributed by atoms with van der Waals surface area (Å²) in [5.74, 6) is 0.214. The van der Waals surface area contributed by atoms with Crippen LogP contribution in [0.4, 0.5) is 0 Å². The van der Waals surface area contributed by atoms with Crippen LogP contribution in [0, 0.1) is 5.92 Å². The van der Waals surface area contributed by atoms with Gasteiger partial charge in [-0.2, -0.15) is 0 Å². The summed E-state index contributed by atoms with van der Waals surface area (Å²) in [6.45, 7) is 11.4. The van der Waals surface area contributed by atoms with Gasteiger partial charge in [0.15, 0.2) is 0 Å². The van der Waals surface area contributed by atoms with Gasteiger partial charge in [-0.15, -0.1) is 0 Å². The molecule has 0 spiro atoms. The quantitative estimate of drug-likeness (QED) is 0.517. The van der Waals surface area contributed by atoms with Crippen molar-refractivity contribution in [2.75, 3.05) is 0 Å². The first-order chi connectivity index (χ1) is 8.19. The lowest BCUT2D eigenvalue weighted by Gasteiger charge is -2.06. The third kappa shape index (κ3) is 3.87. The van der Waals surface area contributed by atoms with Gasteiger partial charge in [-0.3, -0.25) is 4.99 Å². The highest BCUT2D eigenvalue weighted by atomic mass is 14.7. The number of nitrogens with zero attached hydrogens (tertiary/aromatic N) is 1. The number of rotatable bonds is 5. The molecule has 0 amide bonds. The molecular weight excluding hydrogens is 206 g/mol. The Balaban J connectivity index is 2.82. The molecule has 1 nitrogen and oxygen atoms in total. The second kappa shape index (κ2) is 6.64. The van der Waals surface area contributed by atoms with Crippen molar-refractivity contribution in [1.29, 1.82) is 0 Å². The van der Waals surface area contributed by atoms with Gasteiger partial charge < -0.3 is 0 Å². The average molecular weight is 225 g/mol. The topological polar surface area (TPSA) is 12.4 Å². The van der Waals surface area contributed by atoms with Gasteiger partial charge in [0.25, 0.3) is 0 Å². The van der Waals surface area contributed by atoms with Gasteiger partial charge >= 0.3 is 0 Å². The Hall–Kier alpha value is -1.89. The van der Waals surface area contributed by atoms with Crippen molar-refractivity contribution in [2.24, 2.45) is 10.9 Å². The fourth-order valence-corrected chi connectivity index (χ4v) is 1.49. The molecule has 0 bridgehead atoms. The summed E-state index contributed by atoms with van der Waals surface area (Å²) in [6.07, 6.45) is 6.30. The first-order valence-electron chi connectivity index (χ1n) is 5.74. The molecule has 17 heavy (non-hydrogen) atoms. The summed E-state index contributed by atoms with van der Waals surface area (Å²) in [5.41, 5.74) is 3.22. The van der Waals surface area contributed by atoms with Crippen molar-refractivity contribution in [3.8, 4) is 0 Å². The molecular formula is C16H19N. The molecule has 0 aliphatic carbocycles. The molecule has 1 atom stereocenters. The van der Waals surface area contributed by atoms with Gasteiger partial charge in [0, 0.05) is 11.6 Å². The van der Waals surface area contributed by atoms with E-state index in [1.807, 2.05) is 25.1 Å². The van der Waals surface area contributed by atoms with Crippen LogP contribution in [0.2, 0.25) is 0 Å². The van der Waals surface area contributed by atoms with Crippen molar-refractivity contribution in [2.45, 2.75) is 13.8 Å². The Morgan fingerprint density at radius 2 is 1.94 bits per heavy atom. The Labute approximate surface area is 104 Å². The average Bonchev–Trinajstić information content (AvgIpc) is 2.39. The van der Waals surface area contributed by atoms with Crippen molar-refractivity contribution in [1.82, 2.24) is 0 Å². The van der Waals surface area contributed by atoms with E-state index in [0.29, 0.717) is 0 Å². The van der Waals surface area contributed by atoms with Gasteiger partial charge in [-0.25, -0.2) is 0 Å². The maximum absolute atomic E-state index is 3.85. The van der Waals surface area contributed by atoms with Crippen molar-refractivity contribution >= 4 is 12.3 Å². The highest BCUT2D eigenvalue weighted by Crippen LogP contribution is 2.18. The van der Waals surface area contributed by atoms with Gasteiger partial charge in [-0.1, -0.05) is 62.1 Å². The molecule has 1 rings (SSSR count). The van der Waals surface area contributed by atoms with Gasteiger partial charge in [0.05, 0.1) is 0 Å². The number of allylic oxidation sites excluding steroid dienone is 4. The van der Waals surface area contributed by atoms with E-state index in [2.05, 4.69) is 55.6 Å². The Kier molecular flexibility index (Phi) is 5.15. The highest BCUT2D eigenvalue weighted by molar-refractivity contribution is 5.73. The molecule has 0 fully saturated rings. The zero-order chi connectivity index (χ0) is 12.7. The fraction of sp³-hybridized carbons (Fsp3) is 0.188. The predicted molar refractivity (Wildman–Crippen MR) is 77.1 cm³/mol. The van der Waals surface area contributed by atoms with E-state index in [9.17, 15) is 0 Å². The molecule has 1 heteroatoms. The third-order valence-electron chi connectivity index (χ3n) is 2.71. The lowest BCUT2D eigenvalue weighted by atomic mass is 10.0. The van der Waals surface area contributed by atoms with Crippen molar-refractivity contribution < 1.29 is 0 Å². The zero-order valence-corrected chi connectivity index (χ0v) is 10.6. The van der Waals surface area contributed by atoms with Crippen molar-refractivity contribution in [3.05, 3.63) is 66.4 Å². The van der Waals surface area contributed by atoms with Crippen LogP contribution < -0.4 is 0 Å². The summed E-state index contributed by atoms with van der Waals surface area (Å²) in [6, 6.07) is 10.3. The molecule has 0 aliphatic rings. The predicted octanol–water partition coefficient (Wildman–Crippen LogP) is 4.50. The van der Waals surface area contributed by atoms with E-state index < -0.39 is 0 Å². The van der Waals surface area contributed by atoms with E-state index in [1.165, 1.54) is 11.1 Å². The summed E-state index contributed by atoms with van der Waals surface area (Å²) in [4.78, 5) is 3.85. The molecule has 0 saturated carbocycles. The summed E-state index contributed by atoms with van der Waals surface area (Å²) >= 11 is 0. The summed E-state index contributed by atoms with van der Waals surface area (Å²) < 4.78 is 0. The van der Waals surface area contributed by atoms with Crippen LogP contribution >= 0.6 is 0 Å².